The van der Waals surface area contributed by atoms with Crippen molar-refractivity contribution in [1.29, 1.82) is 0 Å². The lowest BCUT2D eigenvalue weighted by molar-refractivity contribution is 0.176. The maximum Gasteiger partial charge on any atom is 0.110 e. The van der Waals surface area contributed by atoms with E-state index < -0.39 is 0 Å². The van der Waals surface area contributed by atoms with E-state index in [1.165, 1.54) is 24.3 Å². The quantitative estimate of drug-likeness (QED) is 0.755. The second-order valence-electron chi connectivity index (χ2n) is 3.99. The summed E-state index contributed by atoms with van der Waals surface area (Å²) in [4.78, 5) is 4.41. The van der Waals surface area contributed by atoms with Gasteiger partial charge in [0, 0.05) is 25.2 Å². The molecule has 1 N–H and O–H groups in total. The van der Waals surface area contributed by atoms with E-state index in [0.29, 0.717) is 6.04 Å². The fraction of sp³-hybridized carbons (Fsp3) is 0.727. The van der Waals surface area contributed by atoms with Crippen LogP contribution in [0.15, 0.2) is 11.6 Å². The zero-order chi connectivity index (χ0) is 10.5. The number of hydrogen-bond acceptors (Lipinski definition) is 4. The molecule has 1 aromatic rings. The number of ether oxygens (including phenoxy) is 1. The molecule has 1 aliphatic rings. The Bertz CT molecular complexity index is 272. The molecule has 0 bridgehead atoms. The van der Waals surface area contributed by atoms with Crippen molar-refractivity contribution in [3.8, 4) is 0 Å². The molecule has 0 saturated heterocycles. The molecule has 1 aromatic heterocycles. The van der Waals surface area contributed by atoms with Crippen molar-refractivity contribution in [1.82, 2.24) is 10.3 Å². The van der Waals surface area contributed by atoms with Crippen LogP contribution in [0.3, 0.4) is 0 Å². The van der Waals surface area contributed by atoms with Crippen molar-refractivity contribution < 1.29 is 4.74 Å². The minimum Gasteiger partial charge on any atom is -0.383 e. The van der Waals surface area contributed by atoms with Crippen molar-refractivity contribution in [2.45, 2.75) is 25.3 Å². The molecule has 0 aliphatic heterocycles. The topological polar surface area (TPSA) is 34.1 Å². The van der Waals surface area contributed by atoms with Crippen molar-refractivity contribution in [3.05, 3.63) is 16.6 Å². The Morgan fingerprint density at radius 3 is 3.07 bits per heavy atom. The number of aromatic nitrogens is 1. The number of thiazole rings is 1. The highest BCUT2D eigenvalue weighted by atomic mass is 32.1. The molecular formula is C11H18N2OS. The smallest absolute Gasteiger partial charge is 0.110 e. The molecule has 1 heterocycles. The molecule has 0 amide bonds. The highest BCUT2D eigenvalue weighted by Gasteiger charge is 2.29. The molecule has 1 atom stereocenters. The first kappa shape index (κ1) is 11.0. The Balaban J connectivity index is 1.90. The highest BCUT2D eigenvalue weighted by molar-refractivity contribution is 7.09. The zero-order valence-corrected chi connectivity index (χ0v) is 9.93. The molecule has 1 unspecified atom stereocenters. The zero-order valence-electron chi connectivity index (χ0n) is 9.11. The van der Waals surface area contributed by atoms with Crippen molar-refractivity contribution in [2.24, 2.45) is 5.92 Å². The van der Waals surface area contributed by atoms with E-state index in [0.717, 1.165) is 19.1 Å². The monoisotopic (exact) mass is 226 g/mol. The normalized spacial score (nSPS) is 18.7. The largest absolute Gasteiger partial charge is 0.383 e. The summed E-state index contributed by atoms with van der Waals surface area (Å²) in [5, 5.41) is 6.83. The number of hydrogen-bond donors (Lipinski definition) is 1. The molecule has 2 rings (SSSR count). The number of nitrogens with one attached hydrogen (secondary N) is 1. The third-order valence-electron chi connectivity index (χ3n) is 3.01. The van der Waals surface area contributed by atoms with Crippen molar-refractivity contribution >= 4 is 11.3 Å². The first-order valence-electron chi connectivity index (χ1n) is 5.53. The van der Waals surface area contributed by atoms with Crippen LogP contribution in [0.2, 0.25) is 0 Å². The number of methoxy groups -OCH3 is 1. The summed E-state index contributed by atoms with van der Waals surface area (Å²) in [5.41, 5.74) is 0. The summed E-state index contributed by atoms with van der Waals surface area (Å²) in [6.07, 6.45) is 5.94. The van der Waals surface area contributed by atoms with E-state index in [4.69, 9.17) is 4.74 Å². The fourth-order valence-corrected chi connectivity index (χ4v) is 2.74. The molecule has 1 fully saturated rings. The number of nitrogens with zero attached hydrogens (tertiary/aromatic N) is 1. The van der Waals surface area contributed by atoms with E-state index in [-0.39, 0.29) is 0 Å². The third-order valence-corrected chi connectivity index (χ3v) is 3.87. The molecular weight excluding hydrogens is 208 g/mol. The van der Waals surface area contributed by atoms with Crippen molar-refractivity contribution in [3.63, 3.8) is 0 Å². The van der Waals surface area contributed by atoms with Crippen LogP contribution >= 0.6 is 11.3 Å². The van der Waals surface area contributed by atoms with Gasteiger partial charge in [-0.3, -0.25) is 0 Å². The number of rotatable bonds is 6. The molecule has 0 aromatic carbocycles. The van der Waals surface area contributed by atoms with E-state index in [9.17, 15) is 0 Å². The van der Waals surface area contributed by atoms with Gasteiger partial charge in [0.05, 0.1) is 12.6 Å². The summed E-state index contributed by atoms with van der Waals surface area (Å²) < 4.78 is 5.06. The second-order valence-corrected chi connectivity index (χ2v) is 4.91. The van der Waals surface area contributed by atoms with E-state index >= 15 is 0 Å². The van der Waals surface area contributed by atoms with Gasteiger partial charge in [-0.25, -0.2) is 4.98 Å². The first-order valence-corrected chi connectivity index (χ1v) is 6.41. The van der Waals surface area contributed by atoms with Crippen LogP contribution in [0.5, 0.6) is 0 Å². The summed E-state index contributed by atoms with van der Waals surface area (Å²) >= 11 is 1.75. The van der Waals surface area contributed by atoms with Gasteiger partial charge >= 0.3 is 0 Å². The van der Waals surface area contributed by atoms with Gasteiger partial charge in [-0.05, 0) is 18.8 Å². The van der Waals surface area contributed by atoms with Gasteiger partial charge in [0.15, 0.2) is 0 Å². The Kier molecular flexibility index (Phi) is 4.11. The van der Waals surface area contributed by atoms with Gasteiger partial charge in [0.2, 0.25) is 0 Å². The minimum absolute atomic E-state index is 0.453. The van der Waals surface area contributed by atoms with Gasteiger partial charge in [0.1, 0.15) is 5.01 Å². The van der Waals surface area contributed by atoms with Crippen LogP contribution in [0.4, 0.5) is 0 Å². The maximum absolute atomic E-state index is 5.06. The Labute approximate surface area is 94.9 Å². The summed E-state index contributed by atoms with van der Waals surface area (Å²) in [7, 11) is 1.74. The van der Waals surface area contributed by atoms with Crippen LogP contribution in [-0.4, -0.2) is 25.2 Å². The van der Waals surface area contributed by atoms with Crippen molar-refractivity contribution in [2.75, 3.05) is 20.3 Å². The molecule has 4 heteroatoms. The average Bonchev–Trinajstić information content (AvgIpc) is 2.66. The lowest BCUT2D eigenvalue weighted by Gasteiger charge is -2.33. The predicted octanol–water partition coefficient (Wildman–Crippen LogP) is 2.22. The molecule has 3 nitrogen and oxygen atoms in total. The SMILES string of the molecule is COCCNC(c1nccs1)C1CCC1. The van der Waals surface area contributed by atoms with Crippen LogP contribution in [0.1, 0.15) is 30.3 Å². The summed E-state index contributed by atoms with van der Waals surface area (Å²) in [6.45, 7) is 1.69. The molecule has 84 valence electrons. The van der Waals surface area contributed by atoms with Crippen LogP contribution in [0, 0.1) is 5.92 Å². The standard InChI is InChI=1S/C11H18N2OS/c1-14-7-5-12-10(9-3-2-4-9)11-13-6-8-15-11/h6,8-10,12H,2-5,7H2,1H3. The third kappa shape index (κ3) is 2.77. The van der Waals surface area contributed by atoms with E-state index in [1.54, 1.807) is 18.4 Å². The maximum atomic E-state index is 5.06. The Hall–Kier alpha value is -0.450. The van der Waals surface area contributed by atoms with Crippen LogP contribution in [-0.2, 0) is 4.74 Å². The van der Waals surface area contributed by atoms with E-state index in [2.05, 4.69) is 15.7 Å². The fourth-order valence-electron chi connectivity index (χ4n) is 1.93. The molecule has 0 spiro atoms. The van der Waals surface area contributed by atoms with Gasteiger partial charge in [-0.1, -0.05) is 6.42 Å². The first-order chi connectivity index (χ1) is 7.42. The van der Waals surface area contributed by atoms with Gasteiger partial charge in [0.25, 0.3) is 0 Å². The minimum atomic E-state index is 0.453. The van der Waals surface area contributed by atoms with Gasteiger partial charge in [-0.2, -0.15) is 0 Å². The summed E-state index contributed by atoms with van der Waals surface area (Å²) in [6, 6.07) is 0.453. The highest BCUT2D eigenvalue weighted by Crippen LogP contribution is 2.38. The molecule has 1 aliphatic carbocycles. The average molecular weight is 226 g/mol. The van der Waals surface area contributed by atoms with Crippen LogP contribution < -0.4 is 5.32 Å². The molecule has 15 heavy (non-hydrogen) atoms. The lowest BCUT2D eigenvalue weighted by atomic mass is 9.80. The molecule has 1 saturated carbocycles. The van der Waals surface area contributed by atoms with Gasteiger partial charge < -0.3 is 10.1 Å². The Morgan fingerprint density at radius 2 is 2.53 bits per heavy atom. The lowest BCUT2D eigenvalue weighted by Crippen LogP contribution is -2.34. The van der Waals surface area contributed by atoms with E-state index in [1.807, 2.05) is 6.20 Å². The summed E-state index contributed by atoms with van der Waals surface area (Å²) in [5.74, 6) is 0.785. The Morgan fingerprint density at radius 1 is 1.67 bits per heavy atom. The predicted molar refractivity (Wildman–Crippen MR) is 62.1 cm³/mol. The van der Waals surface area contributed by atoms with Crippen LogP contribution in [0.25, 0.3) is 0 Å². The molecule has 0 radical (unpaired) electrons. The second kappa shape index (κ2) is 5.58. The van der Waals surface area contributed by atoms with Gasteiger partial charge in [-0.15, -0.1) is 11.3 Å².